The van der Waals surface area contributed by atoms with Crippen LogP contribution in [-0.2, 0) is 6.54 Å². The SMILES string of the molecule is NCCCCn1ccnc1-c1ccc(F)c(F)c1F. The first kappa shape index (κ1) is 13.6. The van der Waals surface area contributed by atoms with E-state index in [1.165, 1.54) is 12.3 Å². The molecule has 0 radical (unpaired) electrons. The second-order valence-corrected chi connectivity index (χ2v) is 4.16. The molecule has 102 valence electrons. The zero-order valence-electron chi connectivity index (χ0n) is 10.2. The Morgan fingerprint density at radius 3 is 2.63 bits per heavy atom. The van der Waals surface area contributed by atoms with Gasteiger partial charge in [0.1, 0.15) is 5.82 Å². The fraction of sp³-hybridized carbons (Fsp3) is 0.308. The van der Waals surface area contributed by atoms with Gasteiger partial charge in [-0.25, -0.2) is 18.2 Å². The molecule has 2 aromatic rings. The lowest BCUT2D eigenvalue weighted by atomic mass is 10.2. The van der Waals surface area contributed by atoms with Crippen molar-refractivity contribution in [3.05, 3.63) is 42.0 Å². The molecular formula is C13H14F3N3. The summed E-state index contributed by atoms with van der Waals surface area (Å²) in [7, 11) is 0. The second kappa shape index (κ2) is 5.88. The van der Waals surface area contributed by atoms with Crippen molar-refractivity contribution in [1.82, 2.24) is 9.55 Å². The minimum atomic E-state index is -1.48. The molecule has 1 aromatic carbocycles. The van der Waals surface area contributed by atoms with Gasteiger partial charge >= 0.3 is 0 Å². The molecule has 2 N–H and O–H groups in total. The lowest BCUT2D eigenvalue weighted by Crippen LogP contribution is -2.05. The molecule has 0 aliphatic heterocycles. The maximum Gasteiger partial charge on any atom is 0.195 e. The smallest absolute Gasteiger partial charge is 0.195 e. The van der Waals surface area contributed by atoms with Crippen LogP contribution in [0.15, 0.2) is 24.5 Å². The van der Waals surface area contributed by atoms with E-state index in [1.54, 1.807) is 10.8 Å². The Morgan fingerprint density at radius 2 is 1.89 bits per heavy atom. The third-order valence-electron chi connectivity index (χ3n) is 2.84. The minimum Gasteiger partial charge on any atom is -0.331 e. The van der Waals surface area contributed by atoms with Gasteiger partial charge in [-0.3, -0.25) is 0 Å². The van der Waals surface area contributed by atoms with Gasteiger partial charge in [0, 0.05) is 18.9 Å². The van der Waals surface area contributed by atoms with E-state index in [1.807, 2.05) is 0 Å². The van der Waals surface area contributed by atoms with Crippen LogP contribution in [0.4, 0.5) is 13.2 Å². The molecular weight excluding hydrogens is 255 g/mol. The highest BCUT2D eigenvalue weighted by molar-refractivity contribution is 5.56. The topological polar surface area (TPSA) is 43.8 Å². The van der Waals surface area contributed by atoms with E-state index < -0.39 is 17.5 Å². The lowest BCUT2D eigenvalue weighted by molar-refractivity contribution is 0.448. The predicted octanol–water partition coefficient (Wildman–Crippen LogP) is 2.71. The zero-order valence-corrected chi connectivity index (χ0v) is 10.2. The summed E-state index contributed by atoms with van der Waals surface area (Å²) in [4.78, 5) is 4.00. The van der Waals surface area contributed by atoms with Gasteiger partial charge < -0.3 is 10.3 Å². The van der Waals surface area contributed by atoms with E-state index in [0.29, 0.717) is 13.1 Å². The summed E-state index contributed by atoms with van der Waals surface area (Å²) in [5.41, 5.74) is 5.36. The average molecular weight is 269 g/mol. The summed E-state index contributed by atoms with van der Waals surface area (Å²) >= 11 is 0. The first-order chi connectivity index (χ1) is 9.15. The van der Waals surface area contributed by atoms with E-state index in [0.717, 1.165) is 18.9 Å². The third-order valence-corrected chi connectivity index (χ3v) is 2.84. The largest absolute Gasteiger partial charge is 0.331 e. The number of nitrogens with zero attached hydrogens (tertiary/aromatic N) is 2. The monoisotopic (exact) mass is 269 g/mol. The maximum absolute atomic E-state index is 13.7. The second-order valence-electron chi connectivity index (χ2n) is 4.16. The van der Waals surface area contributed by atoms with Gasteiger partial charge in [0.25, 0.3) is 0 Å². The van der Waals surface area contributed by atoms with Crippen LogP contribution in [0.2, 0.25) is 0 Å². The molecule has 6 heteroatoms. The summed E-state index contributed by atoms with van der Waals surface area (Å²) in [6, 6.07) is 2.09. The molecule has 0 aliphatic rings. The first-order valence-electron chi connectivity index (χ1n) is 6.00. The molecule has 0 spiro atoms. The first-order valence-corrected chi connectivity index (χ1v) is 6.00. The number of benzene rings is 1. The number of hydrogen-bond acceptors (Lipinski definition) is 2. The Hall–Kier alpha value is -1.82. The van der Waals surface area contributed by atoms with Gasteiger partial charge in [0.15, 0.2) is 17.5 Å². The van der Waals surface area contributed by atoms with Gasteiger partial charge in [-0.1, -0.05) is 0 Å². The number of hydrogen-bond donors (Lipinski definition) is 1. The summed E-state index contributed by atoms with van der Waals surface area (Å²) in [5.74, 6) is -3.61. The van der Waals surface area contributed by atoms with Crippen LogP contribution >= 0.6 is 0 Å². The van der Waals surface area contributed by atoms with Gasteiger partial charge in [-0.15, -0.1) is 0 Å². The van der Waals surface area contributed by atoms with Gasteiger partial charge in [-0.05, 0) is 31.5 Å². The quantitative estimate of drug-likeness (QED) is 0.670. The van der Waals surface area contributed by atoms with Gasteiger partial charge in [0.2, 0.25) is 0 Å². The number of rotatable bonds is 5. The molecule has 1 aromatic heterocycles. The Morgan fingerprint density at radius 1 is 1.11 bits per heavy atom. The molecule has 1 heterocycles. The number of halogens is 3. The van der Waals surface area contributed by atoms with Crippen molar-refractivity contribution in [2.45, 2.75) is 19.4 Å². The Labute approximate surface area is 108 Å². The number of unbranched alkanes of at least 4 members (excludes halogenated alkanes) is 1. The molecule has 0 atom stereocenters. The summed E-state index contributed by atoms with van der Waals surface area (Å²) in [5, 5.41) is 0. The number of imidazole rings is 1. The fourth-order valence-corrected chi connectivity index (χ4v) is 1.86. The van der Waals surface area contributed by atoms with Crippen LogP contribution in [0.5, 0.6) is 0 Å². The van der Waals surface area contributed by atoms with E-state index in [4.69, 9.17) is 5.73 Å². The van der Waals surface area contributed by atoms with Crippen LogP contribution in [0.3, 0.4) is 0 Å². The van der Waals surface area contributed by atoms with Crippen molar-refractivity contribution in [3.63, 3.8) is 0 Å². The van der Waals surface area contributed by atoms with Crippen LogP contribution in [0, 0.1) is 17.5 Å². The Bertz CT molecular complexity index is 566. The molecule has 0 aliphatic carbocycles. The van der Waals surface area contributed by atoms with Crippen molar-refractivity contribution in [2.75, 3.05) is 6.54 Å². The average Bonchev–Trinajstić information content (AvgIpc) is 2.85. The summed E-state index contributed by atoms with van der Waals surface area (Å²) < 4.78 is 41.5. The predicted molar refractivity (Wildman–Crippen MR) is 65.8 cm³/mol. The molecule has 3 nitrogen and oxygen atoms in total. The van der Waals surface area contributed by atoms with Crippen LogP contribution in [0.25, 0.3) is 11.4 Å². The molecule has 0 saturated carbocycles. The highest BCUT2D eigenvalue weighted by Gasteiger charge is 2.17. The fourth-order valence-electron chi connectivity index (χ4n) is 1.86. The van der Waals surface area contributed by atoms with E-state index in [9.17, 15) is 13.2 Å². The van der Waals surface area contributed by atoms with Crippen LogP contribution < -0.4 is 5.73 Å². The third kappa shape index (κ3) is 2.78. The normalized spacial score (nSPS) is 10.9. The van der Waals surface area contributed by atoms with Crippen molar-refractivity contribution in [1.29, 1.82) is 0 Å². The standard InChI is InChI=1S/C13H14F3N3/c14-10-4-3-9(11(15)12(10)16)13-18-6-8-19(13)7-2-1-5-17/h3-4,6,8H,1-2,5,7,17H2. The summed E-state index contributed by atoms with van der Waals surface area (Å²) in [6.07, 6.45) is 4.81. The number of aryl methyl sites for hydroxylation is 1. The highest BCUT2D eigenvalue weighted by atomic mass is 19.2. The van der Waals surface area contributed by atoms with Crippen molar-refractivity contribution < 1.29 is 13.2 Å². The van der Waals surface area contributed by atoms with Crippen molar-refractivity contribution in [2.24, 2.45) is 5.73 Å². The summed E-state index contributed by atoms with van der Waals surface area (Å²) in [6.45, 7) is 1.18. The van der Waals surface area contributed by atoms with Gasteiger partial charge in [0.05, 0.1) is 5.56 Å². The lowest BCUT2D eigenvalue weighted by Gasteiger charge is -2.09. The molecule has 0 fully saturated rings. The van der Waals surface area contributed by atoms with Crippen LogP contribution in [-0.4, -0.2) is 16.1 Å². The molecule has 0 saturated heterocycles. The van der Waals surface area contributed by atoms with Crippen molar-refractivity contribution in [3.8, 4) is 11.4 Å². The molecule has 0 unspecified atom stereocenters. The zero-order chi connectivity index (χ0) is 13.8. The van der Waals surface area contributed by atoms with E-state index in [2.05, 4.69) is 4.98 Å². The van der Waals surface area contributed by atoms with Crippen molar-refractivity contribution >= 4 is 0 Å². The molecule has 0 amide bonds. The Kier molecular flexibility index (Phi) is 4.21. The molecule has 19 heavy (non-hydrogen) atoms. The highest BCUT2D eigenvalue weighted by Crippen LogP contribution is 2.24. The van der Waals surface area contributed by atoms with Gasteiger partial charge in [-0.2, -0.15) is 0 Å². The molecule has 2 rings (SSSR count). The van der Waals surface area contributed by atoms with E-state index >= 15 is 0 Å². The molecule has 0 bridgehead atoms. The minimum absolute atomic E-state index is 0.0448. The maximum atomic E-state index is 13.7. The number of nitrogens with two attached hydrogens (primary N) is 1. The Balaban J connectivity index is 2.32. The van der Waals surface area contributed by atoms with Crippen LogP contribution in [0.1, 0.15) is 12.8 Å². The van der Waals surface area contributed by atoms with E-state index in [-0.39, 0.29) is 11.4 Å². The number of aromatic nitrogens is 2.